The Morgan fingerprint density at radius 1 is 1.08 bits per heavy atom. The Hall–Kier alpha value is -4.08. The van der Waals surface area contributed by atoms with Gasteiger partial charge in [0.25, 0.3) is 5.91 Å². The highest BCUT2D eigenvalue weighted by atomic mass is 16.5. The fourth-order valence-electron chi connectivity index (χ4n) is 4.96. The Labute approximate surface area is 214 Å². The summed E-state index contributed by atoms with van der Waals surface area (Å²) in [5.41, 5.74) is 5.10. The van der Waals surface area contributed by atoms with Crippen molar-refractivity contribution in [3.05, 3.63) is 77.8 Å². The average molecular weight is 498 g/mol. The lowest BCUT2D eigenvalue weighted by atomic mass is 9.78. The topological polar surface area (TPSA) is 103 Å². The Bertz CT molecular complexity index is 1420. The maximum Gasteiger partial charge on any atom is 0.261 e. The molecule has 188 valence electrons. The highest BCUT2D eigenvalue weighted by Crippen LogP contribution is 2.38. The largest absolute Gasteiger partial charge is 0.479 e. The van der Waals surface area contributed by atoms with Crippen LogP contribution in [0.4, 0.5) is 5.69 Å². The van der Waals surface area contributed by atoms with Crippen molar-refractivity contribution in [2.75, 3.05) is 38.7 Å². The average Bonchev–Trinajstić information content (AvgIpc) is 3.27. The number of aryl methyl sites for hydroxylation is 1. The molecule has 0 aliphatic carbocycles. The molecule has 1 amide bonds. The summed E-state index contributed by atoms with van der Waals surface area (Å²) in [6.07, 6.45) is 1.82. The number of carbonyl (C=O) groups excluding carboxylic acids is 1. The van der Waals surface area contributed by atoms with Crippen molar-refractivity contribution >= 4 is 11.6 Å². The van der Waals surface area contributed by atoms with Gasteiger partial charge in [0.2, 0.25) is 5.88 Å². The molecule has 2 fully saturated rings. The zero-order valence-corrected chi connectivity index (χ0v) is 20.7. The molecule has 1 aromatic carbocycles. The van der Waals surface area contributed by atoms with Gasteiger partial charge in [-0.05, 0) is 31.2 Å². The van der Waals surface area contributed by atoms with Crippen LogP contribution in [0, 0.1) is 12.3 Å². The Balaban J connectivity index is 1.17. The first-order valence-electron chi connectivity index (χ1n) is 12.2. The number of aromatic nitrogens is 3. The van der Waals surface area contributed by atoms with E-state index in [0.717, 1.165) is 49.7 Å². The van der Waals surface area contributed by atoms with Gasteiger partial charge in [0.05, 0.1) is 31.7 Å². The van der Waals surface area contributed by atoms with Gasteiger partial charge in [-0.15, -0.1) is 0 Å². The number of carbonyl (C=O) groups is 1. The van der Waals surface area contributed by atoms with Gasteiger partial charge < -0.3 is 19.3 Å². The predicted octanol–water partition coefficient (Wildman–Crippen LogP) is 4.20. The van der Waals surface area contributed by atoms with Crippen molar-refractivity contribution < 1.29 is 18.8 Å². The van der Waals surface area contributed by atoms with Gasteiger partial charge in [-0.25, -0.2) is 4.98 Å². The zero-order chi connectivity index (χ0) is 25.4. The molecule has 0 atom stereocenters. The van der Waals surface area contributed by atoms with Gasteiger partial charge in [0.1, 0.15) is 22.7 Å². The number of pyridine rings is 2. The third-order valence-corrected chi connectivity index (χ3v) is 6.88. The number of hydrogen-bond donors (Lipinski definition) is 1. The summed E-state index contributed by atoms with van der Waals surface area (Å²) in [6, 6.07) is 17.1. The fourth-order valence-corrected chi connectivity index (χ4v) is 4.96. The van der Waals surface area contributed by atoms with E-state index in [2.05, 4.69) is 25.3 Å². The number of rotatable bonds is 7. The lowest BCUT2D eigenvalue weighted by Gasteiger charge is -2.55. The third-order valence-electron chi connectivity index (χ3n) is 6.88. The predicted molar refractivity (Wildman–Crippen MR) is 137 cm³/mol. The van der Waals surface area contributed by atoms with E-state index in [1.807, 2.05) is 54.7 Å². The molecule has 0 saturated carbocycles. The number of anilines is 1. The van der Waals surface area contributed by atoms with Crippen LogP contribution >= 0.6 is 0 Å². The fraction of sp³-hybridized carbons (Fsp3) is 0.286. The van der Waals surface area contributed by atoms with Crippen LogP contribution in [0.2, 0.25) is 0 Å². The van der Waals surface area contributed by atoms with Gasteiger partial charge in [-0.2, -0.15) is 0 Å². The molecule has 2 saturated heterocycles. The Kier molecular flexibility index (Phi) is 5.94. The number of nitrogens with one attached hydrogen (secondary N) is 1. The number of ether oxygens (including phenoxy) is 2. The van der Waals surface area contributed by atoms with E-state index in [0.29, 0.717) is 39.7 Å². The maximum atomic E-state index is 13.2. The van der Waals surface area contributed by atoms with Gasteiger partial charge in [-0.1, -0.05) is 35.5 Å². The SMILES string of the molecule is COc1nc(-c2ccc(CN3CC4(COC4)C3)nc2)ccc1NC(=O)c1c(-c2ccccc2)noc1C. The lowest BCUT2D eigenvalue weighted by Crippen LogP contribution is -2.65. The third kappa shape index (κ3) is 4.47. The summed E-state index contributed by atoms with van der Waals surface area (Å²) >= 11 is 0. The standard InChI is InChI=1S/C28H27N5O4/c1-18-24(25(32-37-18)19-6-4-3-5-7-19)26(34)30-23-11-10-22(31-27(23)35-2)20-8-9-21(29-12-20)13-33-14-28(15-33)16-36-17-28/h3-12H,13-17H2,1-2H3,(H,30,34). The second-order valence-electron chi connectivity index (χ2n) is 9.71. The van der Waals surface area contributed by atoms with Gasteiger partial charge in [0, 0.05) is 42.4 Å². The molecule has 3 aromatic heterocycles. The normalized spacial score (nSPS) is 16.2. The monoisotopic (exact) mass is 497 g/mol. The number of likely N-dealkylation sites (tertiary alicyclic amines) is 1. The molecule has 37 heavy (non-hydrogen) atoms. The van der Waals surface area contributed by atoms with Crippen LogP contribution in [0.25, 0.3) is 22.5 Å². The molecule has 5 heterocycles. The first-order valence-corrected chi connectivity index (χ1v) is 12.2. The molecule has 0 radical (unpaired) electrons. The molecule has 6 rings (SSSR count). The Morgan fingerprint density at radius 2 is 1.89 bits per heavy atom. The van der Waals surface area contributed by atoms with Crippen LogP contribution in [0.1, 0.15) is 21.8 Å². The van der Waals surface area contributed by atoms with E-state index in [-0.39, 0.29) is 5.91 Å². The van der Waals surface area contributed by atoms with Crippen molar-refractivity contribution in [1.82, 2.24) is 20.0 Å². The van der Waals surface area contributed by atoms with E-state index in [1.165, 1.54) is 7.11 Å². The molecular weight excluding hydrogens is 470 g/mol. The Morgan fingerprint density at radius 3 is 2.57 bits per heavy atom. The van der Waals surface area contributed by atoms with E-state index < -0.39 is 0 Å². The van der Waals surface area contributed by atoms with Crippen LogP contribution in [0.15, 0.2) is 65.3 Å². The molecule has 4 aromatic rings. The molecule has 0 unspecified atom stereocenters. The van der Waals surface area contributed by atoms with Gasteiger partial charge in [0.15, 0.2) is 0 Å². The maximum absolute atomic E-state index is 13.2. The summed E-state index contributed by atoms with van der Waals surface area (Å²) in [5, 5.41) is 6.99. The molecule has 2 aliphatic heterocycles. The minimum absolute atomic E-state index is 0.305. The van der Waals surface area contributed by atoms with Gasteiger partial charge in [-0.3, -0.25) is 14.7 Å². The van der Waals surface area contributed by atoms with Crippen molar-refractivity contribution in [3.63, 3.8) is 0 Å². The van der Waals surface area contributed by atoms with Gasteiger partial charge >= 0.3 is 0 Å². The molecule has 0 bridgehead atoms. The van der Waals surface area contributed by atoms with Crippen molar-refractivity contribution in [2.45, 2.75) is 13.5 Å². The molecular formula is C28H27N5O4. The number of nitrogens with zero attached hydrogens (tertiary/aromatic N) is 4. The van der Waals surface area contributed by atoms with Crippen LogP contribution in [0.5, 0.6) is 5.88 Å². The molecule has 9 heteroatoms. The van der Waals surface area contributed by atoms with Crippen molar-refractivity contribution in [2.24, 2.45) is 5.41 Å². The highest BCUT2D eigenvalue weighted by Gasteiger charge is 2.48. The van der Waals surface area contributed by atoms with Crippen LogP contribution in [-0.2, 0) is 11.3 Å². The lowest BCUT2D eigenvalue weighted by molar-refractivity contribution is -0.191. The smallest absolute Gasteiger partial charge is 0.261 e. The number of hydrogen-bond acceptors (Lipinski definition) is 8. The summed E-state index contributed by atoms with van der Waals surface area (Å²) in [6.45, 7) is 6.45. The van der Waals surface area contributed by atoms with Crippen molar-refractivity contribution in [3.8, 4) is 28.4 Å². The summed E-state index contributed by atoms with van der Waals surface area (Å²) in [4.78, 5) is 24.9. The van der Waals surface area contributed by atoms with E-state index in [1.54, 1.807) is 13.0 Å². The summed E-state index contributed by atoms with van der Waals surface area (Å²) in [5.74, 6) is 0.386. The molecule has 9 nitrogen and oxygen atoms in total. The number of amides is 1. The summed E-state index contributed by atoms with van der Waals surface area (Å²) in [7, 11) is 1.52. The van der Waals surface area contributed by atoms with Crippen LogP contribution in [0.3, 0.4) is 0 Å². The number of methoxy groups -OCH3 is 1. The van der Waals surface area contributed by atoms with E-state index >= 15 is 0 Å². The van der Waals surface area contributed by atoms with Crippen LogP contribution in [-0.4, -0.2) is 59.3 Å². The highest BCUT2D eigenvalue weighted by molar-refractivity contribution is 6.09. The first-order chi connectivity index (χ1) is 18.0. The molecule has 1 spiro atoms. The molecule has 1 N–H and O–H groups in total. The minimum atomic E-state index is -0.349. The van der Waals surface area contributed by atoms with Crippen LogP contribution < -0.4 is 10.1 Å². The van der Waals surface area contributed by atoms with E-state index in [4.69, 9.17) is 14.0 Å². The van der Waals surface area contributed by atoms with Crippen molar-refractivity contribution in [1.29, 1.82) is 0 Å². The second kappa shape index (κ2) is 9.42. The zero-order valence-electron chi connectivity index (χ0n) is 20.7. The minimum Gasteiger partial charge on any atom is -0.479 e. The molecule has 2 aliphatic rings. The quantitative estimate of drug-likeness (QED) is 0.405. The summed E-state index contributed by atoms with van der Waals surface area (Å²) < 4.78 is 16.2. The first kappa shape index (κ1) is 23.3. The number of benzene rings is 1. The van der Waals surface area contributed by atoms with E-state index in [9.17, 15) is 4.79 Å². The second-order valence-corrected chi connectivity index (χ2v) is 9.71.